The van der Waals surface area contributed by atoms with Crippen molar-refractivity contribution in [2.75, 3.05) is 4.90 Å². The molecule has 2 aliphatic heterocycles. The summed E-state index contributed by atoms with van der Waals surface area (Å²) >= 11 is 0.699. The second kappa shape index (κ2) is 7.48. The predicted molar refractivity (Wildman–Crippen MR) is 112 cm³/mol. The quantitative estimate of drug-likeness (QED) is 0.216. The molecule has 0 unspecified atom stereocenters. The van der Waals surface area contributed by atoms with Gasteiger partial charge in [-0.3, -0.25) is 0 Å². The van der Waals surface area contributed by atoms with Gasteiger partial charge in [0.1, 0.15) is 0 Å². The zero-order chi connectivity index (χ0) is 20.0. The van der Waals surface area contributed by atoms with Gasteiger partial charge in [0.15, 0.2) is 0 Å². The Morgan fingerprint density at radius 3 is 2.28 bits per heavy atom. The molecule has 0 spiro atoms. The first-order chi connectivity index (χ1) is 14.1. The maximum absolute atomic E-state index is 12.2. The number of para-hydroxylation sites is 4. The Balaban J connectivity index is 1.58. The molecule has 1 radical (unpaired) electrons. The number of hydrogen-bond acceptors (Lipinski definition) is 4. The standard InChI is InChI=1S/C21H12N3O3Te2/c25-19-13(20(26)23-21(28)22-19)11-12-9-10-18(29-12)24-14-5-1-3-7-16(14)27-17-8-4-2-6-15(17)24/h1-11H,(H,22,23,25,26). The number of ether oxygens (including phenoxy) is 1. The monoisotopic (exact) mass is 614 g/mol. The van der Waals surface area contributed by atoms with Crippen LogP contribution in [0.3, 0.4) is 0 Å². The minimum atomic E-state index is -0.824. The summed E-state index contributed by atoms with van der Waals surface area (Å²) < 4.78 is 8.56. The van der Waals surface area contributed by atoms with Crippen LogP contribution < -0.4 is 15.0 Å². The van der Waals surface area contributed by atoms with Crippen molar-refractivity contribution < 1.29 is 14.3 Å². The Bertz CT molecular complexity index is 1180. The molecular formula is C21H12N3O3Te2. The molecule has 141 valence electrons. The third-order valence-electron chi connectivity index (χ3n) is 4.45. The number of anilines is 3. The van der Waals surface area contributed by atoms with Crippen LogP contribution in [0.1, 0.15) is 3.58 Å². The minimum absolute atomic E-state index is 0.0890. The molecule has 3 heterocycles. The van der Waals surface area contributed by atoms with Gasteiger partial charge in [-0.15, -0.1) is 0 Å². The first-order valence-corrected chi connectivity index (χ1v) is 12.2. The fourth-order valence-electron chi connectivity index (χ4n) is 3.19. The number of benzene rings is 2. The Morgan fingerprint density at radius 2 is 1.62 bits per heavy atom. The van der Waals surface area contributed by atoms with Gasteiger partial charge in [-0.05, 0) is 0 Å². The Morgan fingerprint density at radius 1 is 0.966 bits per heavy atom. The molecule has 5 rings (SSSR count). The Labute approximate surface area is 189 Å². The van der Waals surface area contributed by atoms with Crippen molar-refractivity contribution in [3.8, 4) is 11.5 Å². The van der Waals surface area contributed by atoms with Crippen LogP contribution >= 0.6 is 0 Å². The number of amides is 2. The zero-order valence-electron chi connectivity index (χ0n) is 14.8. The molecule has 2 aliphatic rings. The van der Waals surface area contributed by atoms with Crippen LogP contribution in [-0.4, -0.2) is 58.4 Å². The Hall–Kier alpha value is -2.35. The van der Waals surface area contributed by atoms with Crippen molar-refractivity contribution in [2.45, 2.75) is 0 Å². The van der Waals surface area contributed by atoms with E-state index in [-0.39, 0.29) is 5.57 Å². The third-order valence-corrected chi connectivity index (χ3v) is 7.91. The summed E-state index contributed by atoms with van der Waals surface area (Å²) in [5.41, 5.74) is 2.06. The van der Waals surface area contributed by atoms with Crippen molar-refractivity contribution in [1.82, 2.24) is 5.32 Å². The average Bonchev–Trinajstić information content (AvgIpc) is 3.17. The average molecular weight is 610 g/mol. The van der Waals surface area contributed by atoms with Crippen LogP contribution in [0, 0.1) is 0 Å². The number of carbonyl (C=O) groups excluding carboxylic acids is 2. The summed E-state index contributed by atoms with van der Waals surface area (Å²) in [4.78, 5) is 30.4. The van der Waals surface area contributed by atoms with E-state index < -0.39 is 32.2 Å². The summed E-state index contributed by atoms with van der Waals surface area (Å²) in [6, 6.07) is 19.9. The van der Waals surface area contributed by atoms with Gasteiger partial charge in [0.2, 0.25) is 0 Å². The van der Waals surface area contributed by atoms with Gasteiger partial charge in [0.25, 0.3) is 0 Å². The van der Waals surface area contributed by atoms with E-state index in [0.29, 0.717) is 3.88 Å². The van der Waals surface area contributed by atoms with Crippen molar-refractivity contribution in [3.63, 3.8) is 0 Å². The van der Waals surface area contributed by atoms with Crippen LogP contribution in [0.15, 0.2) is 71.2 Å². The Kier molecular flexibility index (Phi) is 4.81. The van der Waals surface area contributed by atoms with Crippen LogP contribution in [0.5, 0.6) is 11.5 Å². The number of amidine groups is 1. The number of carbonyl (C=O) groups is 2. The molecular weight excluding hydrogens is 597 g/mol. The van der Waals surface area contributed by atoms with E-state index in [2.05, 4.69) is 21.3 Å². The van der Waals surface area contributed by atoms with Gasteiger partial charge in [0.05, 0.1) is 0 Å². The number of nitrogens with one attached hydrogen (secondary N) is 1. The van der Waals surface area contributed by atoms with E-state index in [0.717, 1.165) is 30.2 Å². The SMILES string of the molecule is O=C1N=C([Te])NC(=O)/C1=C\c1ccc(N2c3ccccc3Oc3ccccc32)[te]1. The van der Waals surface area contributed by atoms with Gasteiger partial charge < -0.3 is 0 Å². The summed E-state index contributed by atoms with van der Waals surface area (Å²) in [5.74, 6) is 0.725. The molecule has 0 saturated heterocycles. The molecule has 2 amide bonds. The number of fused-ring (bicyclic) bond motifs is 2. The second-order valence-electron chi connectivity index (χ2n) is 6.28. The zero-order valence-corrected chi connectivity index (χ0v) is 19.4. The number of nitrogens with zero attached hydrogens (tertiary/aromatic N) is 2. The van der Waals surface area contributed by atoms with Gasteiger partial charge in [-0.2, -0.15) is 0 Å². The molecule has 1 aromatic heterocycles. The molecule has 6 nitrogen and oxygen atoms in total. The number of aliphatic imine (C=N–C) groups is 1. The van der Waals surface area contributed by atoms with Crippen molar-refractivity contribution >= 4 is 79.6 Å². The van der Waals surface area contributed by atoms with E-state index in [1.165, 1.54) is 22.3 Å². The van der Waals surface area contributed by atoms with E-state index in [1.807, 2.05) is 54.6 Å². The molecule has 0 saturated carbocycles. The third kappa shape index (κ3) is 3.43. The van der Waals surface area contributed by atoms with Gasteiger partial charge in [-0.25, -0.2) is 0 Å². The molecule has 8 heteroatoms. The topological polar surface area (TPSA) is 71.0 Å². The maximum atomic E-state index is 12.2. The van der Waals surface area contributed by atoms with Crippen LogP contribution in [0.2, 0.25) is 0 Å². The summed E-state index contributed by atoms with van der Waals surface area (Å²) in [6.07, 6.45) is 1.68. The summed E-state index contributed by atoms with van der Waals surface area (Å²) in [5, 5.41) is 2.60. The second-order valence-corrected chi connectivity index (χ2v) is 10.5. The molecule has 29 heavy (non-hydrogen) atoms. The first-order valence-electron chi connectivity index (χ1n) is 8.69. The van der Waals surface area contributed by atoms with Gasteiger partial charge in [0, 0.05) is 0 Å². The van der Waals surface area contributed by atoms with Crippen molar-refractivity contribution in [3.05, 3.63) is 69.8 Å². The normalized spacial score (nSPS) is 16.6. The molecule has 0 fully saturated rings. The van der Waals surface area contributed by atoms with Crippen LogP contribution in [0.25, 0.3) is 6.08 Å². The number of rotatable bonds is 2. The molecule has 0 bridgehead atoms. The van der Waals surface area contributed by atoms with E-state index in [1.54, 1.807) is 6.08 Å². The van der Waals surface area contributed by atoms with E-state index >= 15 is 0 Å². The van der Waals surface area contributed by atoms with Gasteiger partial charge >= 0.3 is 190 Å². The van der Waals surface area contributed by atoms with Crippen molar-refractivity contribution in [2.24, 2.45) is 4.99 Å². The fourth-order valence-corrected chi connectivity index (χ4v) is 6.49. The first kappa shape index (κ1) is 18.7. The summed E-state index contributed by atoms with van der Waals surface area (Å²) in [6.45, 7) is 0. The van der Waals surface area contributed by atoms with E-state index in [4.69, 9.17) is 4.74 Å². The number of hydrogen-bond donors (Lipinski definition) is 1. The molecule has 2 aromatic carbocycles. The summed E-state index contributed by atoms with van der Waals surface area (Å²) in [7, 11) is 0. The van der Waals surface area contributed by atoms with Crippen molar-refractivity contribution in [1.29, 1.82) is 0 Å². The molecule has 0 aliphatic carbocycles. The predicted octanol–water partition coefficient (Wildman–Crippen LogP) is 2.88. The molecule has 3 aromatic rings. The van der Waals surface area contributed by atoms with Crippen LogP contribution in [0.4, 0.5) is 15.1 Å². The fraction of sp³-hybridized carbons (Fsp3) is 0. The molecule has 1 N–H and O–H groups in total. The molecule has 0 atom stereocenters. The van der Waals surface area contributed by atoms with Gasteiger partial charge in [-0.1, -0.05) is 0 Å². The van der Waals surface area contributed by atoms with E-state index in [9.17, 15) is 9.59 Å². The van der Waals surface area contributed by atoms with Crippen LogP contribution in [-0.2, 0) is 9.59 Å².